The molecular formula is C19H28O2Si. The predicted octanol–water partition coefficient (Wildman–Crippen LogP) is 4.93. The predicted molar refractivity (Wildman–Crippen MR) is 96.6 cm³/mol. The Labute approximate surface area is 135 Å². The molecule has 0 spiro atoms. The van der Waals surface area contributed by atoms with Crippen LogP contribution in [0, 0.1) is 0 Å². The summed E-state index contributed by atoms with van der Waals surface area (Å²) in [6.45, 7) is 14.6. The Balaban J connectivity index is 2.71. The van der Waals surface area contributed by atoms with Crippen LogP contribution < -0.4 is 0 Å². The first kappa shape index (κ1) is 18.4. The van der Waals surface area contributed by atoms with Crippen molar-refractivity contribution in [3.8, 4) is 0 Å². The van der Waals surface area contributed by atoms with Gasteiger partial charge >= 0.3 is 5.97 Å². The number of allylic oxidation sites excluding steroid dienone is 1. The molecule has 0 amide bonds. The van der Waals surface area contributed by atoms with Crippen LogP contribution in [0.5, 0.6) is 0 Å². The number of hydrogen-bond acceptors (Lipinski definition) is 2. The van der Waals surface area contributed by atoms with E-state index < -0.39 is 8.07 Å². The van der Waals surface area contributed by atoms with E-state index in [-0.39, 0.29) is 12.1 Å². The highest BCUT2D eigenvalue weighted by molar-refractivity contribution is 6.83. The van der Waals surface area contributed by atoms with E-state index in [1.807, 2.05) is 18.2 Å². The molecule has 0 radical (unpaired) electrons. The van der Waals surface area contributed by atoms with Crippen LogP contribution in [0.3, 0.4) is 0 Å². The highest BCUT2D eigenvalue weighted by Gasteiger charge is 2.27. The van der Waals surface area contributed by atoms with Crippen molar-refractivity contribution >= 4 is 14.0 Å². The molecule has 0 fully saturated rings. The van der Waals surface area contributed by atoms with Crippen LogP contribution in [0.2, 0.25) is 19.6 Å². The highest BCUT2D eigenvalue weighted by atomic mass is 28.3. The number of esters is 1. The molecular weight excluding hydrogens is 288 g/mol. The fourth-order valence-corrected chi connectivity index (χ4v) is 3.34. The van der Waals surface area contributed by atoms with Gasteiger partial charge in [-0.2, -0.15) is 0 Å². The number of rotatable bonds is 9. The fraction of sp³-hybridized carbons (Fsp3) is 0.421. The van der Waals surface area contributed by atoms with E-state index in [0.717, 1.165) is 18.0 Å². The number of carbonyl (C=O) groups excluding carboxylic acids is 1. The Morgan fingerprint density at radius 2 is 1.91 bits per heavy atom. The molecule has 0 aliphatic carbocycles. The lowest BCUT2D eigenvalue weighted by atomic mass is 10.1. The average Bonchev–Trinajstić information content (AvgIpc) is 2.48. The van der Waals surface area contributed by atoms with Gasteiger partial charge in [0.15, 0.2) is 0 Å². The van der Waals surface area contributed by atoms with Crippen molar-refractivity contribution in [3.05, 3.63) is 60.3 Å². The zero-order valence-electron chi connectivity index (χ0n) is 14.1. The van der Waals surface area contributed by atoms with Crippen molar-refractivity contribution in [1.29, 1.82) is 0 Å². The van der Waals surface area contributed by atoms with Crippen molar-refractivity contribution in [1.82, 2.24) is 0 Å². The summed E-state index contributed by atoms with van der Waals surface area (Å²) in [5, 5.41) is 1.11. The first-order valence-corrected chi connectivity index (χ1v) is 11.4. The molecule has 120 valence electrons. The zero-order chi connectivity index (χ0) is 16.6. The van der Waals surface area contributed by atoms with Crippen LogP contribution in [0.15, 0.2) is 54.8 Å². The van der Waals surface area contributed by atoms with Crippen molar-refractivity contribution < 1.29 is 9.53 Å². The van der Waals surface area contributed by atoms with E-state index in [1.54, 1.807) is 6.08 Å². The van der Waals surface area contributed by atoms with Crippen LogP contribution in [0.4, 0.5) is 0 Å². The molecule has 1 unspecified atom stereocenters. The molecule has 22 heavy (non-hydrogen) atoms. The van der Waals surface area contributed by atoms with Gasteiger partial charge in [-0.1, -0.05) is 56.0 Å². The van der Waals surface area contributed by atoms with Gasteiger partial charge in [0.2, 0.25) is 0 Å². The first-order valence-electron chi connectivity index (χ1n) is 7.88. The average molecular weight is 317 g/mol. The monoisotopic (exact) mass is 316 g/mol. The van der Waals surface area contributed by atoms with Gasteiger partial charge in [0.1, 0.15) is 6.10 Å². The molecule has 3 heteroatoms. The molecule has 0 aliphatic heterocycles. The maximum atomic E-state index is 12.0. The second kappa shape index (κ2) is 8.74. The second-order valence-corrected chi connectivity index (χ2v) is 11.7. The van der Waals surface area contributed by atoms with Crippen LogP contribution >= 0.6 is 0 Å². The summed E-state index contributed by atoms with van der Waals surface area (Å²) in [6.07, 6.45) is 4.31. The molecule has 1 aromatic carbocycles. The fourth-order valence-electron chi connectivity index (χ4n) is 2.17. The molecule has 1 atom stereocenters. The topological polar surface area (TPSA) is 26.3 Å². The molecule has 0 aliphatic rings. The van der Waals surface area contributed by atoms with Gasteiger partial charge in [-0.05, 0) is 30.0 Å². The van der Waals surface area contributed by atoms with E-state index in [9.17, 15) is 4.79 Å². The second-order valence-electron chi connectivity index (χ2n) is 6.61. The lowest BCUT2D eigenvalue weighted by Crippen LogP contribution is -2.34. The van der Waals surface area contributed by atoms with E-state index in [4.69, 9.17) is 4.74 Å². The standard InChI is InChI=1S/C19H28O2Si/c1-6-7-13-19(20)21-18(16(2)22(3,4)5)15-14-17-11-9-8-10-12-17/h6,8-12,18H,1-2,7,13-15H2,3-5H3. The van der Waals surface area contributed by atoms with Crippen molar-refractivity contribution in [2.45, 2.75) is 51.4 Å². The molecule has 0 heterocycles. The number of hydrogen-bond donors (Lipinski definition) is 0. The molecule has 0 bridgehead atoms. The normalized spacial score (nSPS) is 12.5. The minimum atomic E-state index is -1.55. The molecule has 2 nitrogen and oxygen atoms in total. The largest absolute Gasteiger partial charge is 0.458 e. The SMILES string of the molecule is C=CCCC(=O)OC(CCc1ccccc1)C(=C)[Si](C)(C)C. The Hall–Kier alpha value is -1.61. The van der Waals surface area contributed by atoms with Gasteiger partial charge in [-0.3, -0.25) is 4.79 Å². The maximum absolute atomic E-state index is 12.0. The van der Waals surface area contributed by atoms with Crippen LogP contribution in [0.1, 0.15) is 24.8 Å². The molecule has 1 rings (SSSR count). The van der Waals surface area contributed by atoms with E-state index >= 15 is 0 Å². The number of ether oxygens (including phenoxy) is 1. The first-order chi connectivity index (χ1) is 10.3. The molecule has 0 N–H and O–H groups in total. The molecule has 1 aromatic rings. The van der Waals surface area contributed by atoms with E-state index in [1.165, 1.54) is 5.56 Å². The molecule has 0 aromatic heterocycles. The summed E-state index contributed by atoms with van der Waals surface area (Å²) in [5.41, 5.74) is 1.26. The number of benzene rings is 1. The minimum Gasteiger partial charge on any atom is -0.458 e. The van der Waals surface area contributed by atoms with Crippen molar-refractivity contribution in [2.24, 2.45) is 0 Å². The lowest BCUT2D eigenvalue weighted by molar-refractivity contribution is -0.147. The van der Waals surface area contributed by atoms with Crippen LogP contribution in [-0.2, 0) is 16.0 Å². The summed E-state index contributed by atoms with van der Waals surface area (Å²) < 4.78 is 5.71. The summed E-state index contributed by atoms with van der Waals surface area (Å²) >= 11 is 0. The summed E-state index contributed by atoms with van der Waals surface area (Å²) in [4.78, 5) is 12.0. The number of carbonyl (C=O) groups is 1. The van der Waals surface area contributed by atoms with Gasteiger partial charge in [-0.25, -0.2) is 0 Å². The van der Waals surface area contributed by atoms with Crippen molar-refractivity contribution in [3.63, 3.8) is 0 Å². The Morgan fingerprint density at radius 3 is 2.45 bits per heavy atom. The third kappa shape index (κ3) is 6.44. The molecule has 0 saturated carbocycles. The Bertz CT molecular complexity index is 500. The van der Waals surface area contributed by atoms with Gasteiger partial charge in [0, 0.05) is 6.42 Å². The summed E-state index contributed by atoms with van der Waals surface area (Å²) in [7, 11) is -1.55. The summed E-state index contributed by atoms with van der Waals surface area (Å²) in [6, 6.07) is 10.3. The van der Waals surface area contributed by atoms with Gasteiger partial charge < -0.3 is 4.74 Å². The summed E-state index contributed by atoms with van der Waals surface area (Å²) in [5.74, 6) is -0.155. The van der Waals surface area contributed by atoms with Crippen LogP contribution in [-0.4, -0.2) is 20.1 Å². The van der Waals surface area contributed by atoms with Gasteiger partial charge in [-0.15, -0.1) is 13.2 Å². The quantitative estimate of drug-likeness (QED) is 0.367. The lowest BCUT2D eigenvalue weighted by Gasteiger charge is -2.28. The van der Waals surface area contributed by atoms with Crippen LogP contribution in [0.25, 0.3) is 0 Å². The third-order valence-electron chi connectivity index (χ3n) is 3.72. The number of aryl methyl sites for hydroxylation is 1. The molecule has 0 saturated heterocycles. The van der Waals surface area contributed by atoms with E-state index in [2.05, 4.69) is 44.9 Å². The Kier molecular flexibility index (Phi) is 7.32. The maximum Gasteiger partial charge on any atom is 0.306 e. The van der Waals surface area contributed by atoms with Gasteiger partial charge in [0.05, 0.1) is 8.07 Å². The smallest absolute Gasteiger partial charge is 0.306 e. The van der Waals surface area contributed by atoms with Crippen molar-refractivity contribution in [2.75, 3.05) is 0 Å². The van der Waals surface area contributed by atoms with E-state index in [0.29, 0.717) is 12.8 Å². The minimum absolute atomic E-state index is 0.155. The highest BCUT2D eigenvalue weighted by Crippen LogP contribution is 2.23. The van der Waals surface area contributed by atoms with Gasteiger partial charge in [0.25, 0.3) is 0 Å². The third-order valence-corrected chi connectivity index (χ3v) is 5.96. The zero-order valence-corrected chi connectivity index (χ0v) is 15.1. The Morgan fingerprint density at radius 1 is 1.27 bits per heavy atom.